The Kier molecular flexibility index (Phi) is 6.10. The maximum atomic E-state index is 10.8. The lowest BCUT2D eigenvalue weighted by Gasteiger charge is -2.07. The zero-order chi connectivity index (χ0) is 15.1. The van der Waals surface area contributed by atoms with Gasteiger partial charge in [-0.2, -0.15) is 0 Å². The molecule has 0 bridgehead atoms. The molecule has 0 radical (unpaired) electrons. The molecule has 0 aliphatic rings. The lowest BCUT2D eigenvalue weighted by Crippen LogP contribution is -2.18. The molecule has 0 aliphatic heterocycles. The molecular weight excluding hydrogens is 284 g/mol. The van der Waals surface area contributed by atoms with E-state index in [1.54, 1.807) is 13.1 Å². The van der Waals surface area contributed by atoms with Crippen LogP contribution in [0.3, 0.4) is 0 Å². The van der Waals surface area contributed by atoms with Crippen LogP contribution in [-0.2, 0) is 7.05 Å². The number of aromatic nitrogens is 4. The van der Waals surface area contributed by atoms with Crippen LogP contribution in [0.1, 0.15) is 20.3 Å². The first-order valence-electron chi connectivity index (χ1n) is 5.89. The molecule has 0 spiro atoms. The molecule has 1 aromatic rings. The number of allylic oxidation sites excluding steroid dienone is 1. The first-order chi connectivity index (χ1) is 9.49. The van der Waals surface area contributed by atoms with Gasteiger partial charge in [0.1, 0.15) is 0 Å². The highest BCUT2D eigenvalue weighted by Crippen LogP contribution is 2.15. The van der Waals surface area contributed by atoms with Crippen LogP contribution in [0.25, 0.3) is 0 Å². The number of tetrazole rings is 1. The van der Waals surface area contributed by atoms with Crippen LogP contribution in [0, 0.1) is 10.1 Å². The number of rotatable bonds is 7. The summed E-state index contributed by atoms with van der Waals surface area (Å²) < 4.78 is 1.49. The van der Waals surface area contributed by atoms with Crippen LogP contribution in [0.2, 0.25) is 0 Å². The minimum absolute atomic E-state index is 0.318. The van der Waals surface area contributed by atoms with Gasteiger partial charge in [-0.25, -0.2) is 4.68 Å². The fourth-order valence-electron chi connectivity index (χ4n) is 1.45. The summed E-state index contributed by atoms with van der Waals surface area (Å²) in [7, 11) is 1.69. The Balaban J connectivity index is 2.76. The third-order valence-corrected chi connectivity index (χ3v) is 3.72. The first kappa shape index (κ1) is 16.1. The predicted molar refractivity (Wildman–Crippen MR) is 73.6 cm³/mol. The molecule has 0 fully saturated rings. The van der Waals surface area contributed by atoms with Crippen molar-refractivity contribution in [2.75, 3.05) is 5.75 Å². The summed E-state index contributed by atoms with van der Waals surface area (Å²) in [6, 6.07) is -0.807. The van der Waals surface area contributed by atoms with Gasteiger partial charge in [0.05, 0.1) is 5.71 Å². The lowest BCUT2D eigenvalue weighted by atomic mass is 10.1. The van der Waals surface area contributed by atoms with Crippen molar-refractivity contribution in [2.45, 2.75) is 31.5 Å². The second-order valence-corrected chi connectivity index (χ2v) is 4.94. The van der Waals surface area contributed by atoms with Crippen molar-refractivity contribution in [1.29, 1.82) is 0 Å². The minimum Gasteiger partial charge on any atom is -0.411 e. The van der Waals surface area contributed by atoms with E-state index in [1.807, 2.05) is 6.92 Å². The van der Waals surface area contributed by atoms with E-state index in [1.165, 1.54) is 23.4 Å². The number of hydrogen-bond donors (Lipinski definition) is 1. The summed E-state index contributed by atoms with van der Waals surface area (Å²) in [6.45, 7) is 3.32. The van der Waals surface area contributed by atoms with Gasteiger partial charge in [0.15, 0.2) is 0 Å². The van der Waals surface area contributed by atoms with E-state index >= 15 is 0 Å². The van der Waals surface area contributed by atoms with E-state index in [-0.39, 0.29) is 4.92 Å². The van der Waals surface area contributed by atoms with E-state index < -0.39 is 6.04 Å². The zero-order valence-corrected chi connectivity index (χ0v) is 12.2. The zero-order valence-electron chi connectivity index (χ0n) is 11.4. The fourth-order valence-corrected chi connectivity index (χ4v) is 2.18. The van der Waals surface area contributed by atoms with Gasteiger partial charge in [-0.3, -0.25) is 10.1 Å². The van der Waals surface area contributed by atoms with Crippen molar-refractivity contribution < 1.29 is 10.1 Å². The molecule has 1 atom stereocenters. The Labute approximate surface area is 119 Å². The molecule has 1 unspecified atom stereocenters. The molecule has 1 N–H and O–H groups in total. The second-order valence-electron chi connectivity index (χ2n) is 4.00. The van der Waals surface area contributed by atoms with E-state index in [9.17, 15) is 10.1 Å². The SMILES string of the molecule is CCC(=CC(CSc1nnnn1C)=NO)C(C)[N+](=O)[O-]. The van der Waals surface area contributed by atoms with Crippen molar-refractivity contribution >= 4 is 17.5 Å². The molecule has 9 nitrogen and oxygen atoms in total. The van der Waals surface area contributed by atoms with E-state index in [0.717, 1.165) is 0 Å². The van der Waals surface area contributed by atoms with Crippen LogP contribution in [0.5, 0.6) is 0 Å². The highest BCUT2D eigenvalue weighted by atomic mass is 32.2. The maximum Gasteiger partial charge on any atom is 0.231 e. The molecule has 0 aliphatic carbocycles. The molecule has 0 saturated carbocycles. The molecule has 0 saturated heterocycles. The molecule has 1 heterocycles. The predicted octanol–water partition coefficient (Wildman–Crippen LogP) is 1.13. The molecular formula is C10H16N6O3S. The van der Waals surface area contributed by atoms with Crippen molar-refractivity contribution in [3.63, 3.8) is 0 Å². The number of nitrogens with zero attached hydrogens (tertiary/aromatic N) is 6. The molecule has 0 aromatic carbocycles. The molecule has 1 aromatic heterocycles. The Morgan fingerprint density at radius 3 is 2.85 bits per heavy atom. The standard InChI is InChI=1S/C10H16N6O3S/c1-4-8(7(2)16(18)19)5-9(12-17)6-20-10-11-13-14-15(10)3/h5,7,17H,4,6H2,1-3H3. The summed E-state index contributed by atoms with van der Waals surface area (Å²) in [5.41, 5.74) is 0.933. The second kappa shape index (κ2) is 7.58. The summed E-state index contributed by atoms with van der Waals surface area (Å²) in [4.78, 5) is 10.4. The molecule has 0 amide bonds. The number of oxime groups is 1. The van der Waals surface area contributed by atoms with Crippen molar-refractivity contribution in [1.82, 2.24) is 20.2 Å². The van der Waals surface area contributed by atoms with Crippen molar-refractivity contribution in [2.24, 2.45) is 12.2 Å². The molecule has 1 rings (SSSR count). The number of hydrogen-bond acceptors (Lipinski definition) is 8. The monoisotopic (exact) mass is 300 g/mol. The van der Waals surface area contributed by atoms with Gasteiger partial charge in [0.2, 0.25) is 11.2 Å². The first-order valence-corrected chi connectivity index (χ1v) is 6.88. The summed E-state index contributed by atoms with van der Waals surface area (Å²) in [5.74, 6) is 0.318. The summed E-state index contributed by atoms with van der Waals surface area (Å²) in [5, 5.41) is 34.5. The maximum absolute atomic E-state index is 10.8. The molecule has 10 heteroatoms. The number of nitro groups is 1. The Morgan fingerprint density at radius 1 is 1.70 bits per heavy atom. The largest absolute Gasteiger partial charge is 0.411 e. The third-order valence-electron chi connectivity index (χ3n) is 2.67. The lowest BCUT2D eigenvalue weighted by molar-refractivity contribution is -0.507. The van der Waals surface area contributed by atoms with E-state index in [4.69, 9.17) is 5.21 Å². The van der Waals surface area contributed by atoms with Crippen LogP contribution in [0.4, 0.5) is 0 Å². The highest BCUT2D eigenvalue weighted by molar-refractivity contribution is 7.99. The topological polar surface area (TPSA) is 119 Å². The van der Waals surface area contributed by atoms with E-state index in [0.29, 0.717) is 28.6 Å². The summed E-state index contributed by atoms with van der Waals surface area (Å²) >= 11 is 1.28. The quantitative estimate of drug-likeness (QED) is 0.263. The minimum atomic E-state index is -0.807. The van der Waals surface area contributed by atoms with Crippen LogP contribution >= 0.6 is 11.8 Å². The third kappa shape index (κ3) is 4.30. The van der Waals surface area contributed by atoms with Gasteiger partial charge in [-0.1, -0.05) is 23.8 Å². The normalized spacial score (nSPS) is 14.3. The average Bonchev–Trinajstić information content (AvgIpc) is 2.84. The van der Waals surface area contributed by atoms with Crippen molar-refractivity contribution in [3.8, 4) is 0 Å². The fraction of sp³-hybridized carbons (Fsp3) is 0.600. The number of thioether (sulfide) groups is 1. The van der Waals surface area contributed by atoms with Gasteiger partial charge in [-0.05, 0) is 22.9 Å². The molecule has 110 valence electrons. The van der Waals surface area contributed by atoms with Crippen molar-refractivity contribution in [3.05, 3.63) is 21.8 Å². The smallest absolute Gasteiger partial charge is 0.231 e. The van der Waals surface area contributed by atoms with Gasteiger partial charge in [0, 0.05) is 30.2 Å². The van der Waals surface area contributed by atoms with E-state index in [2.05, 4.69) is 20.7 Å². The van der Waals surface area contributed by atoms with Crippen LogP contribution < -0.4 is 0 Å². The van der Waals surface area contributed by atoms with Gasteiger partial charge < -0.3 is 5.21 Å². The average molecular weight is 300 g/mol. The van der Waals surface area contributed by atoms with Gasteiger partial charge in [-0.15, -0.1) is 5.10 Å². The molecule has 20 heavy (non-hydrogen) atoms. The number of aryl methyl sites for hydroxylation is 1. The summed E-state index contributed by atoms with van der Waals surface area (Å²) in [6.07, 6.45) is 2.06. The van der Waals surface area contributed by atoms with Gasteiger partial charge in [0.25, 0.3) is 0 Å². The van der Waals surface area contributed by atoms with Crippen LogP contribution in [0.15, 0.2) is 22.0 Å². The Morgan fingerprint density at radius 2 is 2.40 bits per heavy atom. The van der Waals surface area contributed by atoms with Gasteiger partial charge >= 0.3 is 0 Å². The highest BCUT2D eigenvalue weighted by Gasteiger charge is 2.18. The van der Waals surface area contributed by atoms with Crippen LogP contribution in [-0.4, -0.2) is 47.8 Å². The Bertz CT molecular complexity index is 527. The Hall–Kier alpha value is -1.97.